The number of rotatable bonds is 9. The van der Waals surface area contributed by atoms with Gasteiger partial charge in [0.05, 0.1) is 11.9 Å². The predicted molar refractivity (Wildman–Crippen MR) is 168 cm³/mol. The van der Waals surface area contributed by atoms with Gasteiger partial charge in [0.1, 0.15) is 12.6 Å². The summed E-state index contributed by atoms with van der Waals surface area (Å²) in [5.41, 5.74) is 2.11. The molecule has 0 unspecified atom stereocenters. The lowest BCUT2D eigenvalue weighted by atomic mass is 9.48. The van der Waals surface area contributed by atoms with Gasteiger partial charge in [0.25, 0.3) is 0 Å². The van der Waals surface area contributed by atoms with Crippen LogP contribution in [0.1, 0.15) is 77.3 Å². The summed E-state index contributed by atoms with van der Waals surface area (Å²) < 4.78 is 27.3. The largest absolute Gasteiger partial charge is 0.350 e. The van der Waals surface area contributed by atoms with Crippen LogP contribution in [0.4, 0.5) is 5.69 Å². The van der Waals surface area contributed by atoms with E-state index in [4.69, 9.17) is 11.6 Å². The van der Waals surface area contributed by atoms with Gasteiger partial charge in [-0.25, -0.2) is 8.42 Å². The van der Waals surface area contributed by atoms with Crippen molar-refractivity contribution in [3.8, 4) is 0 Å². The molecule has 42 heavy (non-hydrogen) atoms. The number of halogens is 1. The highest BCUT2D eigenvalue weighted by Crippen LogP contribution is 2.60. The molecule has 2 aromatic rings. The molecule has 2 amide bonds. The zero-order valence-electron chi connectivity index (χ0n) is 25.4. The molecule has 0 radical (unpaired) electrons. The zero-order chi connectivity index (χ0) is 30.4. The second-order valence-electron chi connectivity index (χ2n) is 14.0. The van der Waals surface area contributed by atoms with Crippen LogP contribution in [-0.4, -0.2) is 49.5 Å². The lowest BCUT2D eigenvalue weighted by Crippen LogP contribution is -2.54. The Kier molecular flexibility index (Phi) is 8.45. The fourth-order valence-electron chi connectivity index (χ4n) is 7.93. The van der Waals surface area contributed by atoms with E-state index in [0.717, 1.165) is 28.3 Å². The number of carbonyl (C=O) groups is 2. The molecule has 2 aromatic carbocycles. The van der Waals surface area contributed by atoms with Crippen molar-refractivity contribution in [1.29, 1.82) is 0 Å². The van der Waals surface area contributed by atoms with E-state index >= 15 is 0 Å². The van der Waals surface area contributed by atoms with Gasteiger partial charge >= 0.3 is 0 Å². The Balaban J connectivity index is 1.40. The van der Waals surface area contributed by atoms with Crippen molar-refractivity contribution in [2.75, 3.05) is 17.1 Å². The molecule has 4 aliphatic carbocycles. The molecular weight excluding hydrogens is 570 g/mol. The van der Waals surface area contributed by atoms with E-state index in [1.165, 1.54) is 49.0 Å². The minimum absolute atomic E-state index is 0.0692. The number of benzene rings is 2. The zero-order valence-corrected chi connectivity index (χ0v) is 27.0. The third kappa shape index (κ3) is 6.65. The third-order valence-corrected chi connectivity index (χ3v) is 11.0. The minimum Gasteiger partial charge on any atom is -0.350 e. The second-order valence-corrected chi connectivity index (χ2v) is 16.4. The van der Waals surface area contributed by atoms with Crippen LogP contribution in [0.2, 0.25) is 5.02 Å². The van der Waals surface area contributed by atoms with Crippen molar-refractivity contribution in [3.63, 3.8) is 0 Å². The Morgan fingerprint density at radius 1 is 0.976 bits per heavy atom. The molecule has 1 N–H and O–H groups in total. The molecule has 6 rings (SSSR count). The molecule has 0 heterocycles. The summed E-state index contributed by atoms with van der Waals surface area (Å²) in [6.45, 7) is 6.91. The Bertz CT molecular complexity index is 1400. The van der Waals surface area contributed by atoms with Crippen LogP contribution in [0.25, 0.3) is 0 Å². The monoisotopic (exact) mass is 613 g/mol. The van der Waals surface area contributed by atoms with Gasteiger partial charge in [-0.15, -0.1) is 0 Å². The average molecular weight is 614 g/mol. The first kappa shape index (κ1) is 30.9. The van der Waals surface area contributed by atoms with Gasteiger partial charge < -0.3 is 10.2 Å². The van der Waals surface area contributed by atoms with Gasteiger partial charge in [0.15, 0.2) is 0 Å². The van der Waals surface area contributed by atoms with Crippen LogP contribution in [-0.2, 0) is 31.6 Å². The van der Waals surface area contributed by atoms with Crippen molar-refractivity contribution in [1.82, 2.24) is 10.2 Å². The summed E-state index contributed by atoms with van der Waals surface area (Å²) in [5, 5.41) is 3.40. The molecule has 9 heteroatoms. The van der Waals surface area contributed by atoms with Gasteiger partial charge in [-0.1, -0.05) is 41.9 Å². The number of carbonyl (C=O) groups excluding carboxylic acids is 2. The van der Waals surface area contributed by atoms with Crippen LogP contribution >= 0.6 is 11.6 Å². The maximum atomic E-state index is 13.9. The molecule has 4 aliphatic rings. The summed E-state index contributed by atoms with van der Waals surface area (Å²) in [4.78, 5) is 28.5. The normalized spacial score (nSPS) is 25.6. The Morgan fingerprint density at radius 2 is 1.52 bits per heavy atom. The first-order chi connectivity index (χ1) is 19.6. The number of sulfonamides is 1. The summed E-state index contributed by atoms with van der Waals surface area (Å²) >= 11 is 6.42. The van der Waals surface area contributed by atoms with Crippen molar-refractivity contribution in [3.05, 3.63) is 64.7 Å². The van der Waals surface area contributed by atoms with Gasteiger partial charge in [-0.2, -0.15) is 0 Å². The van der Waals surface area contributed by atoms with E-state index < -0.39 is 34.1 Å². The molecule has 1 atom stereocenters. The van der Waals surface area contributed by atoms with E-state index in [1.807, 2.05) is 39.0 Å². The third-order valence-electron chi connectivity index (χ3n) is 9.45. The molecule has 4 saturated carbocycles. The van der Waals surface area contributed by atoms with E-state index in [-0.39, 0.29) is 17.9 Å². The molecule has 4 bridgehead atoms. The smallest absolute Gasteiger partial charge is 0.244 e. The maximum Gasteiger partial charge on any atom is 0.244 e. The highest BCUT2D eigenvalue weighted by atomic mass is 35.5. The molecule has 7 nitrogen and oxygen atoms in total. The van der Waals surface area contributed by atoms with Gasteiger partial charge in [0.2, 0.25) is 21.8 Å². The van der Waals surface area contributed by atoms with E-state index in [1.54, 1.807) is 25.1 Å². The lowest BCUT2D eigenvalue weighted by molar-refractivity contribution is -0.140. The van der Waals surface area contributed by atoms with E-state index in [2.05, 4.69) is 17.4 Å². The van der Waals surface area contributed by atoms with Crippen LogP contribution in [0.3, 0.4) is 0 Å². The molecule has 0 aromatic heterocycles. The number of anilines is 1. The fourth-order valence-corrected chi connectivity index (χ4v) is 8.97. The van der Waals surface area contributed by atoms with Crippen molar-refractivity contribution in [2.24, 2.45) is 17.8 Å². The second kappa shape index (κ2) is 11.5. The molecule has 228 valence electrons. The van der Waals surface area contributed by atoms with E-state index in [9.17, 15) is 18.0 Å². The Hall–Kier alpha value is -2.58. The number of nitrogens with zero attached hydrogens (tertiary/aromatic N) is 2. The quantitative estimate of drug-likeness (QED) is 0.381. The SMILES string of the molecule is C[C@H](C(=O)NC(C)(C)C)N(Cc1ccccc1Cl)C(=O)CN(c1ccc(C23CC4CC(CC(C4)C2)C3)cc1)S(C)(=O)=O. The van der Waals surface area contributed by atoms with Crippen LogP contribution < -0.4 is 9.62 Å². The summed E-state index contributed by atoms with van der Waals surface area (Å²) in [6.07, 6.45) is 8.85. The first-order valence-electron chi connectivity index (χ1n) is 15.1. The fraction of sp³-hybridized carbons (Fsp3) is 0.576. The van der Waals surface area contributed by atoms with Crippen LogP contribution in [0.15, 0.2) is 48.5 Å². The summed E-state index contributed by atoms with van der Waals surface area (Å²) in [5.74, 6) is 1.61. The van der Waals surface area contributed by atoms with Crippen molar-refractivity contribution in [2.45, 2.75) is 89.8 Å². The molecule has 4 fully saturated rings. The topological polar surface area (TPSA) is 86.8 Å². The number of hydrogen-bond acceptors (Lipinski definition) is 4. The number of hydrogen-bond donors (Lipinski definition) is 1. The van der Waals surface area contributed by atoms with Crippen molar-refractivity contribution >= 4 is 39.1 Å². The average Bonchev–Trinajstić information content (AvgIpc) is 2.88. The summed E-state index contributed by atoms with van der Waals surface area (Å²) in [6, 6.07) is 14.1. The summed E-state index contributed by atoms with van der Waals surface area (Å²) in [7, 11) is -3.80. The van der Waals surface area contributed by atoms with Gasteiger partial charge in [0, 0.05) is 17.1 Å². The molecule has 0 aliphatic heterocycles. The highest BCUT2D eigenvalue weighted by molar-refractivity contribution is 7.92. The first-order valence-corrected chi connectivity index (χ1v) is 17.3. The standard InChI is InChI=1S/C33H44ClN3O4S/c1-22(31(39)35-32(2,3)4)36(20-26-8-6-7-9-29(26)34)30(38)21-37(42(5,40)41)28-12-10-27(11-13-28)33-17-23-14-24(18-33)16-25(15-23)19-33/h6-13,22-25H,14-21H2,1-5H3,(H,35,39)/t22-,23?,24?,25?,33?/m1/s1. The molecule has 0 saturated heterocycles. The van der Waals surface area contributed by atoms with Crippen LogP contribution in [0, 0.1) is 17.8 Å². The van der Waals surface area contributed by atoms with Gasteiger partial charge in [-0.05, 0) is 119 Å². The minimum atomic E-state index is -3.80. The molecular formula is C33H44ClN3O4S. The predicted octanol–water partition coefficient (Wildman–Crippen LogP) is 5.91. The molecule has 0 spiro atoms. The van der Waals surface area contributed by atoms with Gasteiger partial charge in [-0.3, -0.25) is 13.9 Å². The Morgan fingerprint density at radius 3 is 2.02 bits per heavy atom. The van der Waals surface area contributed by atoms with Crippen molar-refractivity contribution < 1.29 is 18.0 Å². The Labute approximate surface area is 256 Å². The number of nitrogens with one attached hydrogen (secondary N) is 1. The van der Waals surface area contributed by atoms with Crippen LogP contribution in [0.5, 0.6) is 0 Å². The maximum absolute atomic E-state index is 13.9. The lowest BCUT2D eigenvalue weighted by Gasteiger charge is -2.57. The highest BCUT2D eigenvalue weighted by Gasteiger charge is 2.51. The number of amides is 2. The van der Waals surface area contributed by atoms with E-state index in [0.29, 0.717) is 16.3 Å².